The molecule has 3 aromatic heterocycles. The molecule has 3 aromatic carbocycles. The number of nitrogens with one attached hydrogen (secondary N) is 14. The van der Waals surface area contributed by atoms with Crippen molar-refractivity contribution in [3.63, 3.8) is 0 Å². The van der Waals surface area contributed by atoms with E-state index in [1.165, 1.54) is 90.9 Å². The van der Waals surface area contributed by atoms with E-state index in [1.54, 1.807) is 55.8 Å². The summed E-state index contributed by atoms with van der Waals surface area (Å²) in [5.41, 5.74) is 17.3. The lowest BCUT2D eigenvalue weighted by molar-refractivity contribution is -0.149. The molecule has 42 nitrogen and oxygen atoms in total. The van der Waals surface area contributed by atoms with Gasteiger partial charge in [-0.15, -0.1) is 11.3 Å². The van der Waals surface area contributed by atoms with Gasteiger partial charge < -0.3 is 115 Å². The molecule has 16 amide bonds. The maximum absolute atomic E-state index is 15.8. The summed E-state index contributed by atoms with van der Waals surface area (Å²) >= 11 is 2.30. The van der Waals surface area contributed by atoms with Gasteiger partial charge in [-0.3, -0.25) is 92.2 Å². The molecule has 3 fully saturated rings. The van der Waals surface area contributed by atoms with Crippen LogP contribution in [0, 0.1) is 11.3 Å². The standard InChI is InChI=1S/C92H129N23O19S2/c1-9-11-24-71-84(128)104-62(23-17-34-98-91(95)96)80(124)103-63(79(123)100-46-76(94)120)32-37-135-49-77(121)102-67(39-54-28-30-58(118)31-29-54)86(130)111(6)53(5)78(122)106-69(43-75(93)119)88(132)114-35-18-26-72(114)85(129)105-64(42-57-45-97-51-101-57)81(125)107-66(38-52(3)4)89(133)115-36-19-33-92(115,50-117)110-65(40-55-44-99-61-22-15-13-20-59(55)61)82(126)109-70(47-116)83(127)108-68(41-56-48-136-74-27-16-14-21-60(56)74)87(131)113(8)73(25-12-10-2)90(134)112(71)7/h13-16,20-22,27-31,44-45,48,50-53,62-73,99,110,116,118H,9-12,17-19,23-26,32-43,46-47,49H2,1-8H3,(H2,93,119)(H2,94,120)(H,97,101)(H,100,123)(H,102,121)(H,103,124)(H,104,128)(H,105,129)(H,106,122)(H,107,125)(H,108,127)(H,109,126)(H4,95,96,98)/t53-,62-,63?,64-,65-,66-,67-,68-,69-,70-,71-,72-,73-,92?/m0/s1. The number of phenolic OH excluding ortho intramolecular Hbond substituents is 1. The first kappa shape index (κ1) is 107. The van der Waals surface area contributed by atoms with E-state index in [2.05, 4.69) is 73.4 Å². The minimum atomic E-state index is -2.04. The molecule has 3 saturated heterocycles. The molecule has 6 heterocycles. The normalized spacial score (nSPS) is 24.7. The third-order valence-corrected chi connectivity index (χ3v) is 26.6. The summed E-state index contributed by atoms with van der Waals surface area (Å²) in [6.07, 6.45) is 4.66. The van der Waals surface area contributed by atoms with Crippen molar-refractivity contribution in [2.24, 2.45) is 23.1 Å². The fraction of sp³-hybridized carbons (Fsp3) is 0.533. The van der Waals surface area contributed by atoms with Crippen LogP contribution < -0.4 is 75.7 Å². The number of imidazole rings is 1. The summed E-state index contributed by atoms with van der Waals surface area (Å²) in [5, 5.41) is 62.6. The Balaban J connectivity index is 1.11. The molecule has 136 heavy (non-hydrogen) atoms. The number of primary amides is 2. The van der Waals surface area contributed by atoms with Crippen LogP contribution in [0.15, 0.2) is 96.9 Å². The summed E-state index contributed by atoms with van der Waals surface area (Å²) < 4.78 is 0.824. The number of thiophene rings is 1. The maximum atomic E-state index is 15.8. The highest BCUT2D eigenvalue weighted by atomic mass is 32.2. The molecule has 0 radical (unpaired) electrons. The summed E-state index contributed by atoms with van der Waals surface area (Å²) in [7, 11) is 3.99. The summed E-state index contributed by atoms with van der Waals surface area (Å²) in [5.74, 6) is -15.8. The first-order valence-corrected chi connectivity index (χ1v) is 47.9. The first-order chi connectivity index (χ1) is 64.9. The molecule has 6 aromatic rings. The van der Waals surface area contributed by atoms with Gasteiger partial charge in [0.05, 0.1) is 37.7 Å². The number of aldehydes is 1. The van der Waals surface area contributed by atoms with E-state index >= 15 is 33.6 Å². The highest BCUT2D eigenvalue weighted by molar-refractivity contribution is 7.99. The number of aliphatic hydroxyl groups is 1. The van der Waals surface area contributed by atoms with Crippen molar-refractivity contribution in [2.45, 2.75) is 241 Å². The van der Waals surface area contributed by atoms with E-state index in [1.807, 2.05) is 32.0 Å². The number of H-pyrrole nitrogens is 2. The maximum Gasteiger partial charge on any atom is 0.246 e. The number of aromatic nitrogens is 3. The molecule has 0 bridgehead atoms. The van der Waals surface area contributed by atoms with Gasteiger partial charge in [-0.05, 0) is 141 Å². The highest BCUT2D eigenvalue weighted by Gasteiger charge is 2.50. The van der Waals surface area contributed by atoms with Gasteiger partial charge in [-0.2, -0.15) is 11.8 Å². The number of benzene rings is 3. The zero-order chi connectivity index (χ0) is 99.2. The molecule has 3 aliphatic rings. The Bertz CT molecular complexity index is 5230. The third-order valence-electron chi connectivity index (χ3n) is 24.6. The molecule has 3 aliphatic heterocycles. The van der Waals surface area contributed by atoms with E-state index in [0.29, 0.717) is 65.3 Å². The van der Waals surface area contributed by atoms with Crippen LogP contribution in [0.4, 0.5) is 0 Å². The minimum absolute atomic E-state index is 0.0000537. The van der Waals surface area contributed by atoms with Gasteiger partial charge >= 0.3 is 0 Å². The second kappa shape index (κ2) is 51.0. The van der Waals surface area contributed by atoms with Gasteiger partial charge in [-0.25, -0.2) is 4.98 Å². The minimum Gasteiger partial charge on any atom is -0.508 e. The summed E-state index contributed by atoms with van der Waals surface area (Å²) in [6.45, 7) is 6.61. The smallest absolute Gasteiger partial charge is 0.246 e. The van der Waals surface area contributed by atoms with Crippen molar-refractivity contribution in [3.8, 4) is 5.75 Å². The molecule has 2 unspecified atom stereocenters. The van der Waals surface area contributed by atoms with Crippen LogP contribution in [0.2, 0.25) is 0 Å². The van der Waals surface area contributed by atoms with Crippen molar-refractivity contribution < 1.29 is 91.7 Å². The number of rotatable bonds is 27. The number of carbonyl (C=O) groups is 17. The second-order valence-electron chi connectivity index (χ2n) is 35.1. The highest BCUT2D eigenvalue weighted by Crippen LogP contribution is 2.32. The van der Waals surface area contributed by atoms with Crippen molar-refractivity contribution in [1.82, 2.24) is 97.9 Å². The zero-order valence-corrected chi connectivity index (χ0v) is 79.5. The van der Waals surface area contributed by atoms with E-state index in [0.717, 1.165) is 31.6 Å². The number of likely N-dealkylation sites (N-methyl/N-ethyl adjacent to an activating group) is 3. The van der Waals surface area contributed by atoms with Gasteiger partial charge in [0.25, 0.3) is 0 Å². The number of phenols is 1. The number of nitrogens with two attached hydrogens (primary N) is 3. The number of unbranched alkanes of at least 4 members (excludes halogenated alkanes) is 2. The summed E-state index contributed by atoms with van der Waals surface area (Å²) in [4.78, 5) is 266. The monoisotopic (exact) mass is 1920 g/mol. The Morgan fingerprint density at radius 3 is 1.89 bits per heavy atom. The molecule has 44 heteroatoms. The van der Waals surface area contributed by atoms with Crippen LogP contribution in [0.3, 0.4) is 0 Å². The van der Waals surface area contributed by atoms with Gasteiger partial charge in [0.15, 0.2) is 17.9 Å². The fourth-order valence-corrected chi connectivity index (χ4v) is 18.8. The van der Waals surface area contributed by atoms with E-state index < -0.39 is 210 Å². The molecule has 22 N–H and O–H groups in total. The molecule has 0 aliphatic carbocycles. The Hall–Kier alpha value is -13.1. The van der Waals surface area contributed by atoms with Crippen LogP contribution >= 0.6 is 23.1 Å². The van der Waals surface area contributed by atoms with Gasteiger partial charge in [0.1, 0.15) is 78.3 Å². The number of thioether (sulfide) groups is 1. The van der Waals surface area contributed by atoms with E-state index in [9.17, 15) is 58.2 Å². The van der Waals surface area contributed by atoms with Gasteiger partial charge in [-0.1, -0.05) is 102 Å². The molecule has 14 atom stereocenters. The lowest BCUT2D eigenvalue weighted by Gasteiger charge is -2.39. The topological polar surface area (TPSA) is 626 Å². The number of hydrogen-bond donors (Lipinski definition) is 19. The lowest BCUT2D eigenvalue weighted by Crippen LogP contribution is -2.67. The number of guanidine groups is 1. The quantitative estimate of drug-likeness (QED) is 0.0130. The van der Waals surface area contributed by atoms with Crippen molar-refractivity contribution in [1.29, 1.82) is 5.41 Å². The Morgan fingerprint density at radius 1 is 0.603 bits per heavy atom. The van der Waals surface area contributed by atoms with Gasteiger partial charge in [0, 0.05) is 93.7 Å². The molecule has 0 spiro atoms. The fourth-order valence-electron chi connectivity index (χ4n) is 17.0. The van der Waals surface area contributed by atoms with Crippen LogP contribution in [0.25, 0.3) is 21.0 Å². The zero-order valence-electron chi connectivity index (χ0n) is 77.8. The molecule has 738 valence electrons. The third kappa shape index (κ3) is 29.2. The Labute approximate surface area is 796 Å². The van der Waals surface area contributed by atoms with Crippen molar-refractivity contribution in [2.75, 3.05) is 65.4 Å². The first-order valence-electron chi connectivity index (χ1n) is 45.8. The summed E-state index contributed by atoms with van der Waals surface area (Å²) in [6, 6.07) is 0.379. The van der Waals surface area contributed by atoms with Crippen LogP contribution in [0.5, 0.6) is 5.75 Å². The predicted octanol–water partition coefficient (Wildman–Crippen LogP) is -0.776. The van der Waals surface area contributed by atoms with Crippen molar-refractivity contribution >= 4 is 151 Å². The number of aliphatic hydroxyl groups excluding tert-OH is 1. The second-order valence-corrected chi connectivity index (χ2v) is 37.1. The van der Waals surface area contributed by atoms with Gasteiger partial charge in [0.2, 0.25) is 94.5 Å². The molecular weight excluding hydrogens is 1800 g/mol. The number of amides is 16. The number of aromatic amines is 2. The number of hydrogen-bond acceptors (Lipinski definition) is 24. The molecule has 0 saturated carbocycles. The van der Waals surface area contributed by atoms with Crippen molar-refractivity contribution in [3.05, 3.63) is 119 Å². The molecule has 9 rings (SSSR count). The lowest BCUT2D eigenvalue weighted by atomic mass is 9.98. The van der Waals surface area contributed by atoms with E-state index in [-0.39, 0.29) is 127 Å². The number of carbonyl (C=O) groups excluding carboxylic acids is 17. The van der Waals surface area contributed by atoms with Crippen LogP contribution in [-0.2, 0) is 107 Å². The largest absolute Gasteiger partial charge is 0.508 e. The number of nitrogens with zero attached hydrogens (tertiary/aromatic N) is 6. The number of para-hydroxylation sites is 1. The Kier molecular flexibility index (Phi) is 40.0. The van der Waals surface area contributed by atoms with Crippen LogP contribution in [-0.4, -0.2) is 306 Å². The average molecular weight is 1930 g/mol. The average Bonchev–Trinajstić information content (AvgIpc) is 1.61. The van der Waals surface area contributed by atoms with Crippen LogP contribution in [0.1, 0.15) is 153 Å². The van der Waals surface area contributed by atoms with E-state index in [4.69, 9.17) is 22.6 Å². The molecular formula is C92H129N23O19S2. The SMILES string of the molecule is CCCC[C@H]1C(=O)N(C)[C@@H](CCCC)C(=O)N[C@@H](CCCNC(=N)N)C(=O)NC(C(=O)NCC(N)=O)CCSCC(=O)N[C@@H](Cc2ccc(O)cc2)C(=O)N(C)[C@@H](C)C(=O)N[C@@H](CC(N)=O)C(=O)N2CCC[C@H]2C(=O)N[C@@H](Cc2cnc[nH]2)C(=O)N[C@@H](CC(C)C)C(=O)N2CCCC2(C=O)N[C@@H](Cc2c[nH]c3ccccc23)C(=O)N[C@@H](CO)C(=O)N[C@@H](Cc2csc3ccccc23)C(=O)N1C. The number of fused-ring (bicyclic) bond motifs is 4. The Morgan fingerprint density at radius 2 is 1.22 bits per heavy atom. The predicted molar refractivity (Wildman–Crippen MR) is 507 cm³/mol. The number of aromatic hydroxyl groups is 1.